The number of carbonyl (C=O) groups is 1. The zero-order valence-electron chi connectivity index (χ0n) is 15.7. The van der Waals surface area contributed by atoms with Crippen LogP contribution in [0.2, 0.25) is 0 Å². The maximum Gasteiger partial charge on any atom is 0.243 e. The Labute approximate surface area is 161 Å². The molecule has 2 bridgehead atoms. The van der Waals surface area contributed by atoms with E-state index in [0.717, 1.165) is 37.4 Å². The van der Waals surface area contributed by atoms with Crippen LogP contribution >= 0.6 is 0 Å². The van der Waals surface area contributed by atoms with Crippen LogP contribution in [0.5, 0.6) is 0 Å². The van der Waals surface area contributed by atoms with Crippen LogP contribution in [0.1, 0.15) is 19.8 Å². The number of nitrogens with one attached hydrogen (secondary N) is 1. The first kappa shape index (κ1) is 18.7. The third kappa shape index (κ3) is 3.95. The molecule has 4 rings (SSSR count). The number of sulfonamides is 1. The van der Waals surface area contributed by atoms with Gasteiger partial charge in [0.05, 0.1) is 4.90 Å². The lowest BCUT2D eigenvalue weighted by Crippen LogP contribution is -2.49. The summed E-state index contributed by atoms with van der Waals surface area (Å²) in [6.07, 6.45) is 7.35. The molecule has 2 aliphatic carbocycles. The van der Waals surface area contributed by atoms with Crippen molar-refractivity contribution in [3.8, 4) is 0 Å². The highest BCUT2D eigenvalue weighted by Gasteiger charge is 2.37. The van der Waals surface area contributed by atoms with Crippen molar-refractivity contribution >= 4 is 21.6 Å². The number of amides is 1. The average molecular weight is 390 g/mol. The second-order valence-corrected chi connectivity index (χ2v) is 9.89. The van der Waals surface area contributed by atoms with E-state index in [-0.39, 0.29) is 10.8 Å². The quantitative estimate of drug-likeness (QED) is 0.784. The Bertz CT molecular complexity index is 827. The van der Waals surface area contributed by atoms with Gasteiger partial charge in [-0.1, -0.05) is 12.2 Å². The van der Waals surface area contributed by atoms with E-state index < -0.39 is 10.0 Å². The first-order valence-electron chi connectivity index (χ1n) is 9.70. The molecule has 1 saturated carbocycles. The molecule has 27 heavy (non-hydrogen) atoms. The molecule has 0 radical (unpaired) electrons. The van der Waals surface area contributed by atoms with Crippen molar-refractivity contribution in [3.63, 3.8) is 0 Å². The van der Waals surface area contributed by atoms with Gasteiger partial charge in [0.25, 0.3) is 0 Å². The highest BCUT2D eigenvalue weighted by Crippen LogP contribution is 2.43. The van der Waals surface area contributed by atoms with Crippen LogP contribution in [-0.4, -0.2) is 56.3 Å². The fraction of sp³-hybridized carbons (Fsp3) is 0.550. The number of carbonyl (C=O) groups excluding carboxylic acids is 1. The molecule has 1 amide bonds. The largest absolute Gasteiger partial charge is 0.326 e. The summed E-state index contributed by atoms with van der Waals surface area (Å²) in [6.45, 7) is 5.17. The normalized spacial score (nSPS) is 28.6. The topological polar surface area (TPSA) is 69.7 Å². The molecular weight excluding hydrogens is 362 g/mol. The number of nitrogens with zero attached hydrogens (tertiary/aromatic N) is 2. The fourth-order valence-electron chi connectivity index (χ4n) is 4.65. The smallest absolute Gasteiger partial charge is 0.243 e. The molecule has 2 fully saturated rings. The van der Waals surface area contributed by atoms with Crippen LogP contribution < -0.4 is 5.32 Å². The molecule has 1 aliphatic heterocycles. The zero-order valence-corrected chi connectivity index (χ0v) is 16.5. The van der Waals surface area contributed by atoms with Gasteiger partial charge in [-0.3, -0.25) is 4.79 Å². The Balaban J connectivity index is 1.34. The highest BCUT2D eigenvalue weighted by molar-refractivity contribution is 7.89. The van der Waals surface area contributed by atoms with Gasteiger partial charge in [0.15, 0.2) is 0 Å². The van der Waals surface area contributed by atoms with Gasteiger partial charge in [0.2, 0.25) is 15.9 Å². The molecule has 3 aliphatic rings. The van der Waals surface area contributed by atoms with Crippen LogP contribution in [0.4, 0.5) is 5.69 Å². The van der Waals surface area contributed by atoms with Gasteiger partial charge < -0.3 is 10.2 Å². The van der Waals surface area contributed by atoms with Gasteiger partial charge in [-0.25, -0.2) is 8.42 Å². The SMILES string of the molecule is CC(=O)Nc1ccc(S(=O)(=O)N2CCN(C[C@@H]3C[C@H]4C=C[C@H]3C4)CC2)cc1. The summed E-state index contributed by atoms with van der Waals surface area (Å²) in [5, 5.41) is 2.66. The van der Waals surface area contributed by atoms with Gasteiger partial charge in [-0.15, -0.1) is 0 Å². The number of fused-ring (bicyclic) bond motifs is 2. The summed E-state index contributed by atoms with van der Waals surface area (Å²) in [5.74, 6) is 2.08. The summed E-state index contributed by atoms with van der Waals surface area (Å²) in [7, 11) is -3.48. The monoisotopic (exact) mass is 389 g/mol. The first-order valence-corrected chi connectivity index (χ1v) is 11.1. The number of piperazine rings is 1. The number of allylic oxidation sites excluding steroid dienone is 2. The Morgan fingerprint density at radius 1 is 1.07 bits per heavy atom. The lowest BCUT2D eigenvalue weighted by atomic mass is 9.93. The summed E-state index contributed by atoms with van der Waals surface area (Å²) < 4.78 is 27.4. The van der Waals surface area contributed by atoms with Crippen molar-refractivity contribution in [2.45, 2.75) is 24.7 Å². The third-order valence-corrected chi connectivity index (χ3v) is 7.97. The minimum Gasteiger partial charge on any atom is -0.326 e. The minimum absolute atomic E-state index is 0.173. The van der Waals surface area contributed by atoms with Crippen molar-refractivity contribution in [1.82, 2.24) is 9.21 Å². The van der Waals surface area contributed by atoms with Gasteiger partial charge in [-0.05, 0) is 54.9 Å². The van der Waals surface area contributed by atoms with Crippen LogP contribution in [-0.2, 0) is 14.8 Å². The minimum atomic E-state index is -3.48. The number of benzene rings is 1. The molecule has 1 heterocycles. The van der Waals surface area contributed by atoms with E-state index in [2.05, 4.69) is 22.4 Å². The first-order chi connectivity index (χ1) is 12.9. The molecule has 3 atom stereocenters. The maximum absolute atomic E-state index is 12.9. The summed E-state index contributed by atoms with van der Waals surface area (Å²) in [4.78, 5) is 13.8. The van der Waals surface area contributed by atoms with Gasteiger partial charge >= 0.3 is 0 Å². The number of rotatable bonds is 5. The summed E-state index contributed by atoms with van der Waals surface area (Å²) in [6, 6.07) is 6.39. The number of anilines is 1. The van der Waals surface area contributed by atoms with E-state index in [0.29, 0.717) is 18.8 Å². The van der Waals surface area contributed by atoms with Crippen LogP contribution in [0.3, 0.4) is 0 Å². The molecule has 6 nitrogen and oxygen atoms in total. The molecular formula is C20H27N3O3S. The van der Waals surface area contributed by atoms with E-state index in [4.69, 9.17) is 0 Å². The average Bonchev–Trinajstić information content (AvgIpc) is 3.25. The number of hydrogen-bond acceptors (Lipinski definition) is 4. The molecule has 1 saturated heterocycles. The van der Waals surface area contributed by atoms with Crippen molar-refractivity contribution in [2.75, 3.05) is 38.0 Å². The fourth-order valence-corrected chi connectivity index (χ4v) is 6.07. The Morgan fingerprint density at radius 3 is 2.33 bits per heavy atom. The number of hydrogen-bond donors (Lipinski definition) is 1. The molecule has 1 aromatic rings. The lowest BCUT2D eigenvalue weighted by molar-refractivity contribution is -0.114. The third-order valence-electron chi connectivity index (χ3n) is 6.05. The van der Waals surface area contributed by atoms with Crippen molar-refractivity contribution in [1.29, 1.82) is 0 Å². The predicted molar refractivity (Wildman–Crippen MR) is 105 cm³/mol. The Hall–Kier alpha value is -1.70. The van der Waals surface area contributed by atoms with Crippen molar-refractivity contribution in [3.05, 3.63) is 36.4 Å². The molecule has 1 N–H and O–H groups in total. The Morgan fingerprint density at radius 2 is 1.78 bits per heavy atom. The van der Waals surface area contributed by atoms with Gasteiger partial charge in [0.1, 0.15) is 0 Å². The van der Waals surface area contributed by atoms with E-state index in [1.165, 1.54) is 19.8 Å². The van der Waals surface area contributed by atoms with Crippen molar-refractivity contribution < 1.29 is 13.2 Å². The Kier molecular flexibility index (Phi) is 5.09. The molecule has 0 aromatic heterocycles. The highest BCUT2D eigenvalue weighted by atomic mass is 32.2. The van der Waals surface area contributed by atoms with Crippen LogP contribution in [0.15, 0.2) is 41.3 Å². The molecule has 146 valence electrons. The molecule has 0 unspecified atom stereocenters. The maximum atomic E-state index is 12.9. The van der Waals surface area contributed by atoms with E-state index in [9.17, 15) is 13.2 Å². The van der Waals surface area contributed by atoms with E-state index in [1.807, 2.05) is 0 Å². The second kappa shape index (κ2) is 7.37. The summed E-state index contributed by atoms with van der Waals surface area (Å²) in [5.41, 5.74) is 0.603. The van der Waals surface area contributed by atoms with E-state index >= 15 is 0 Å². The van der Waals surface area contributed by atoms with Gasteiger partial charge in [0, 0.05) is 45.3 Å². The van der Waals surface area contributed by atoms with Crippen LogP contribution in [0.25, 0.3) is 0 Å². The second-order valence-electron chi connectivity index (χ2n) is 7.95. The molecule has 0 spiro atoms. The van der Waals surface area contributed by atoms with Crippen LogP contribution in [0, 0.1) is 17.8 Å². The molecule has 1 aromatic carbocycles. The summed E-state index contributed by atoms with van der Waals surface area (Å²) >= 11 is 0. The zero-order chi connectivity index (χ0) is 19.0. The van der Waals surface area contributed by atoms with Gasteiger partial charge in [-0.2, -0.15) is 4.31 Å². The van der Waals surface area contributed by atoms with E-state index in [1.54, 1.807) is 28.6 Å². The molecule has 7 heteroatoms. The standard InChI is InChI=1S/C20H27N3O3S/c1-15(24)21-19-4-6-20(7-5-19)27(25,26)23-10-8-22(9-11-23)14-18-13-16-2-3-17(18)12-16/h2-7,16-18H,8-14H2,1H3,(H,21,24)/t16-,17-,18-/m0/s1. The predicted octanol–water partition coefficient (Wildman–Crippen LogP) is 2.16. The lowest BCUT2D eigenvalue weighted by Gasteiger charge is -2.36. The van der Waals surface area contributed by atoms with Crippen molar-refractivity contribution in [2.24, 2.45) is 17.8 Å².